The molecule has 1 aromatic carbocycles. The summed E-state index contributed by atoms with van der Waals surface area (Å²) in [6, 6.07) is 5.53. The predicted molar refractivity (Wildman–Crippen MR) is 77.8 cm³/mol. The molecular weight excluding hydrogens is 305 g/mol. The first-order chi connectivity index (χ1) is 9.10. The summed E-state index contributed by atoms with van der Waals surface area (Å²) >= 11 is 13.5. The quantitative estimate of drug-likeness (QED) is 0.861. The van der Waals surface area contributed by atoms with Crippen LogP contribution in [-0.2, 0) is 20.1 Å². The van der Waals surface area contributed by atoms with Crippen LogP contribution in [-0.4, -0.2) is 25.6 Å². The normalized spacial score (nSPS) is 10.9. The van der Waals surface area contributed by atoms with Crippen molar-refractivity contribution in [2.24, 2.45) is 7.05 Å². The van der Waals surface area contributed by atoms with E-state index in [4.69, 9.17) is 28.3 Å². The lowest BCUT2D eigenvalue weighted by atomic mass is 10.2. The minimum atomic E-state index is -0.103. The Morgan fingerprint density at radius 2 is 1.89 bits per heavy atom. The van der Waals surface area contributed by atoms with Gasteiger partial charge in [-0.1, -0.05) is 35.0 Å². The second-order valence-corrected chi connectivity index (χ2v) is 5.93. The number of aliphatic hydroxyl groups is 1. The maximum Gasteiger partial charge on any atom is 0.191 e. The molecule has 102 valence electrons. The summed E-state index contributed by atoms with van der Waals surface area (Å²) in [5, 5.41) is 19.0. The van der Waals surface area contributed by atoms with E-state index in [1.165, 1.54) is 0 Å². The number of aromatic nitrogens is 3. The van der Waals surface area contributed by atoms with Crippen LogP contribution in [0.1, 0.15) is 11.4 Å². The Bertz CT molecular complexity index is 554. The number of aliphatic hydroxyl groups excluding tert-OH is 1. The third kappa shape index (κ3) is 3.86. The van der Waals surface area contributed by atoms with Crippen LogP contribution in [0, 0.1) is 0 Å². The molecule has 7 heteroatoms. The largest absolute Gasteiger partial charge is 0.388 e. The fourth-order valence-corrected chi connectivity index (χ4v) is 3.11. The van der Waals surface area contributed by atoms with Crippen LogP contribution < -0.4 is 0 Å². The molecule has 1 aromatic heterocycles. The summed E-state index contributed by atoms with van der Waals surface area (Å²) < 4.78 is 1.79. The third-order valence-electron chi connectivity index (χ3n) is 2.61. The Kier molecular flexibility index (Phi) is 5.10. The fourth-order valence-electron chi connectivity index (χ4n) is 1.62. The van der Waals surface area contributed by atoms with E-state index >= 15 is 0 Å². The van der Waals surface area contributed by atoms with Gasteiger partial charge in [0.2, 0.25) is 0 Å². The highest BCUT2D eigenvalue weighted by atomic mass is 35.5. The lowest BCUT2D eigenvalue weighted by molar-refractivity contribution is 0.266. The van der Waals surface area contributed by atoms with Crippen molar-refractivity contribution in [1.29, 1.82) is 0 Å². The smallest absolute Gasteiger partial charge is 0.191 e. The zero-order chi connectivity index (χ0) is 13.8. The van der Waals surface area contributed by atoms with Gasteiger partial charge >= 0.3 is 0 Å². The summed E-state index contributed by atoms with van der Waals surface area (Å²) in [6.45, 7) is -0.103. The van der Waals surface area contributed by atoms with Crippen molar-refractivity contribution >= 4 is 35.0 Å². The van der Waals surface area contributed by atoms with Crippen molar-refractivity contribution in [2.75, 3.05) is 5.75 Å². The number of benzene rings is 1. The molecule has 0 aliphatic rings. The van der Waals surface area contributed by atoms with Crippen molar-refractivity contribution in [3.63, 3.8) is 0 Å². The second-order valence-electron chi connectivity index (χ2n) is 3.99. The molecule has 0 unspecified atom stereocenters. The third-order valence-corrected chi connectivity index (χ3v) is 4.07. The highest BCUT2D eigenvalue weighted by molar-refractivity contribution is 7.99. The zero-order valence-corrected chi connectivity index (χ0v) is 12.6. The Labute approximate surface area is 125 Å². The second kappa shape index (κ2) is 6.61. The minimum Gasteiger partial charge on any atom is -0.388 e. The van der Waals surface area contributed by atoms with Gasteiger partial charge < -0.3 is 9.67 Å². The Morgan fingerprint density at radius 1 is 1.21 bits per heavy atom. The van der Waals surface area contributed by atoms with Gasteiger partial charge in [-0.3, -0.25) is 0 Å². The molecule has 0 radical (unpaired) electrons. The van der Waals surface area contributed by atoms with Crippen molar-refractivity contribution in [2.45, 2.75) is 18.2 Å². The van der Waals surface area contributed by atoms with Crippen LogP contribution in [0.4, 0.5) is 0 Å². The Morgan fingerprint density at radius 3 is 2.47 bits per heavy atom. The van der Waals surface area contributed by atoms with Crippen LogP contribution in [0.5, 0.6) is 0 Å². The molecular formula is C12H13Cl2N3OS. The summed E-state index contributed by atoms with van der Waals surface area (Å²) in [5.74, 6) is 1.40. The lowest BCUT2D eigenvalue weighted by Gasteiger charge is -2.04. The summed E-state index contributed by atoms with van der Waals surface area (Å²) in [4.78, 5) is 0. The molecule has 1 N–H and O–H groups in total. The number of nitrogens with zero attached hydrogens (tertiary/aromatic N) is 3. The number of hydrogen-bond donors (Lipinski definition) is 1. The number of thioether (sulfide) groups is 1. The van der Waals surface area contributed by atoms with Gasteiger partial charge in [0.1, 0.15) is 6.61 Å². The van der Waals surface area contributed by atoms with Crippen molar-refractivity contribution < 1.29 is 5.11 Å². The van der Waals surface area contributed by atoms with Gasteiger partial charge in [-0.05, 0) is 30.2 Å². The first kappa shape index (κ1) is 14.7. The molecule has 0 aliphatic heterocycles. The standard InChI is InChI=1S/C12H13Cl2N3OS/c1-17-11(7-18)15-16-12(17)19-3-2-8-4-9(13)6-10(14)5-8/h4-6,18H,2-3,7H2,1H3. The van der Waals surface area contributed by atoms with Crippen molar-refractivity contribution in [3.05, 3.63) is 39.6 Å². The molecule has 0 aliphatic carbocycles. The van der Waals surface area contributed by atoms with E-state index in [-0.39, 0.29) is 6.61 Å². The van der Waals surface area contributed by atoms with E-state index in [1.54, 1.807) is 22.4 Å². The summed E-state index contributed by atoms with van der Waals surface area (Å²) in [5.41, 5.74) is 1.09. The van der Waals surface area contributed by atoms with Crippen LogP contribution in [0.25, 0.3) is 0 Å². The average molecular weight is 318 g/mol. The molecule has 19 heavy (non-hydrogen) atoms. The fraction of sp³-hybridized carbons (Fsp3) is 0.333. The predicted octanol–water partition coefficient (Wildman–Crippen LogP) is 2.95. The maximum absolute atomic E-state index is 9.03. The van der Waals surface area contributed by atoms with Gasteiger partial charge in [0.15, 0.2) is 11.0 Å². The molecule has 1 heterocycles. The molecule has 2 aromatic rings. The van der Waals surface area contributed by atoms with Crippen LogP contribution in [0.3, 0.4) is 0 Å². The van der Waals surface area contributed by atoms with Gasteiger partial charge in [-0.15, -0.1) is 10.2 Å². The molecule has 2 rings (SSSR count). The minimum absolute atomic E-state index is 0.103. The molecule has 4 nitrogen and oxygen atoms in total. The van der Waals surface area contributed by atoms with E-state index in [9.17, 15) is 0 Å². The molecule has 0 saturated carbocycles. The summed E-state index contributed by atoms with van der Waals surface area (Å²) in [7, 11) is 1.84. The topological polar surface area (TPSA) is 50.9 Å². The molecule has 0 spiro atoms. The van der Waals surface area contributed by atoms with E-state index in [0.29, 0.717) is 15.9 Å². The van der Waals surface area contributed by atoms with Crippen molar-refractivity contribution in [1.82, 2.24) is 14.8 Å². The Balaban J connectivity index is 1.94. The van der Waals surface area contributed by atoms with Gasteiger partial charge in [0.25, 0.3) is 0 Å². The van der Waals surface area contributed by atoms with E-state index in [1.807, 2.05) is 19.2 Å². The highest BCUT2D eigenvalue weighted by Gasteiger charge is 2.08. The van der Waals surface area contributed by atoms with Gasteiger partial charge in [0, 0.05) is 22.8 Å². The van der Waals surface area contributed by atoms with Gasteiger partial charge in [0.05, 0.1) is 0 Å². The highest BCUT2D eigenvalue weighted by Crippen LogP contribution is 2.22. The van der Waals surface area contributed by atoms with Gasteiger partial charge in [-0.25, -0.2) is 0 Å². The maximum atomic E-state index is 9.03. The monoisotopic (exact) mass is 317 g/mol. The van der Waals surface area contributed by atoms with Crippen LogP contribution >= 0.6 is 35.0 Å². The summed E-state index contributed by atoms with van der Waals surface area (Å²) in [6.07, 6.45) is 0.840. The number of halogens is 2. The Hall–Kier alpha value is -0.750. The molecule has 0 atom stereocenters. The lowest BCUT2D eigenvalue weighted by Crippen LogP contribution is -1.99. The first-order valence-corrected chi connectivity index (χ1v) is 7.41. The van der Waals surface area contributed by atoms with Crippen LogP contribution in [0.15, 0.2) is 23.4 Å². The number of aryl methyl sites for hydroxylation is 1. The molecule has 0 fully saturated rings. The molecule has 0 bridgehead atoms. The van der Waals surface area contributed by atoms with Gasteiger partial charge in [-0.2, -0.15) is 0 Å². The van der Waals surface area contributed by atoms with E-state index < -0.39 is 0 Å². The number of rotatable bonds is 5. The van der Waals surface area contributed by atoms with E-state index in [0.717, 1.165) is 22.9 Å². The average Bonchev–Trinajstić information content (AvgIpc) is 2.69. The number of hydrogen-bond acceptors (Lipinski definition) is 4. The first-order valence-electron chi connectivity index (χ1n) is 5.67. The van der Waals surface area contributed by atoms with E-state index in [2.05, 4.69) is 10.2 Å². The molecule has 0 saturated heterocycles. The molecule has 0 amide bonds. The van der Waals surface area contributed by atoms with Crippen molar-refractivity contribution in [3.8, 4) is 0 Å². The van der Waals surface area contributed by atoms with Crippen LogP contribution in [0.2, 0.25) is 10.0 Å². The SMILES string of the molecule is Cn1c(CO)nnc1SCCc1cc(Cl)cc(Cl)c1. The zero-order valence-electron chi connectivity index (χ0n) is 10.3.